The van der Waals surface area contributed by atoms with E-state index in [0.717, 1.165) is 50.1 Å². The summed E-state index contributed by atoms with van der Waals surface area (Å²) in [5.41, 5.74) is 11.9. The minimum Gasteiger partial charge on any atom is -0.453 e. The molecule has 2 heterocycles. The first-order chi connectivity index (χ1) is 25.3. The van der Waals surface area contributed by atoms with E-state index in [2.05, 4.69) is 193 Å². The van der Waals surface area contributed by atoms with E-state index >= 15 is 0 Å². The summed E-state index contributed by atoms with van der Waals surface area (Å²) in [7, 11) is 0. The van der Waals surface area contributed by atoms with Crippen LogP contribution in [0.1, 0.15) is 0 Å². The summed E-state index contributed by atoms with van der Waals surface area (Å²) in [6, 6.07) is 67.3. The zero-order chi connectivity index (χ0) is 33.7. The Hall–Kier alpha value is -6.42. The van der Waals surface area contributed by atoms with Gasteiger partial charge < -0.3 is 9.32 Å². The topological polar surface area (TPSA) is 16.4 Å². The molecule has 0 aliphatic carbocycles. The summed E-state index contributed by atoms with van der Waals surface area (Å²) in [5.74, 6) is 0. The van der Waals surface area contributed by atoms with Gasteiger partial charge in [-0.3, -0.25) is 0 Å². The van der Waals surface area contributed by atoms with E-state index in [1.54, 1.807) is 0 Å². The van der Waals surface area contributed by atoms with Crippen molar-refractivity contribution in [3.05, 3.63) is 188 Å². The molecule has 0 aliphatic heterocycles. The van der Waals surface area contributed by atoms with Gasteiger partial charge in [0, 0.05) is 47.9 Å². The predicted octanol–water partition coefficient (Wildman–Crippen LogP) is 14.4. The highest BCUT2D eigenvalue weighted by molar-refractivity contribution is 7.25. The zero-order valence-electron chi connectivity index (χ0n) is 27.7. The maximum Gasteiger partial charge on any atom is 0.159 e. The molecule has 2 aromatic heterocycles. The van der Waals surface area contributed by atoms with Crippen molar-refractivity contribution in [2.75, 3.05) is 4.90 Å². The van der Waals surface area contributed by atoms with Crippen LogP contribution in [0.15, 0.2) is 192 Å². The largest absolute Gasteiger partial charge is 0.453 e. The lowest BCUT2D eigenvalue weighted by Gasteiger charge is -2.26. The average Bonchev–Trinajstić information content (AvgIpc) is 3.78. The molecule has 0 fully saturated rings. The summed E-state index contributed by atoms with van der Waals surface area (Å²) < 4.78 is 9.52. The molecule has 51 heavy (non-hydrogen) atoms. The van der Waals surface area contributed by atoms with Crippen LogP contribution in [0.3, 0.4) is 0 Å². The lowest BCUT2D eigenvalue weighted by Crippen LogP contribution is -2.10. The second-order valence-corrected chi connectivity index (χ2v) is 14.0. The molecule has 240 valence electrons. The quantitative estimate of drug-likeness (QED) is 0.175. The van der Waals surface area contributed by atoms with E-state index in [1.807, 2.05) is 11.3 Å². The van der Waals surface area contributed by atoms with Gasteiger partial charge in [0.15, 0.2) is 5.58 Å². The normalized spacial score (nSPS) is 11.5. The first-order valence-corrected chi connectivity index (χ1v) is 18.1. The van der Waals surface area contributed by atoms with E-state index in [0.29, 0.717) is 0 Å². The number of nitrogens with zero attached hydrogens (tertiary/aromatic N) is 1. The average molecular weight is 670 g/mol. The maximum atomic E-state index is 6.94. The number of para-hydroxylation sites is 2. The van der Waals surface area contributed by atoms with Crippen LogP contribution < -0.4 is 4.90 Å². The van der Waals surface area contributed by atoms with Crippen molar-refractivity contribution in [2.45, 2.75) is 0 Å². The molecule has 0 saturated carbocycles. The first-order valence-electron chi connectivity index (χ1n) is 17.3. The molecule has 0 bridgehead atoms. The van der Waals surface area contributed by atoms with E-state index in [4.69, 9.17) is 4.42 Å². The van der Waals surface area contributed by atoms with Gasteiger partial charge in [0.25, 0.3) is 0 Å². The van der Waals surface area contributed by atoms with Crippen molar-refractivity contribution in [1.82, 2.24) is 0 Å². The van der Waals surface area contributed by atoms with Crippen LogP contribution in [0.2, 0.25) is 0 Å². The number of rotatable bonds is 6. The van der Waals surface area contributed by atoms with Crippen LogP contribution in [-0.4, -0.2) is 0 Å². The van der Waals surface area contributed by atoms with Crippen molar-refractivity contribution in [3.8, 4) is 33.4 Å². The number of furan rings is 1. The van der Waals surface area contributed by atoms with Crippen molar-refractivity contribution in [2.24, 2.45) is 0 Å². The van der Waals surface area contributed by atoms with Crippen LogP contribution in [0, 0.1) is 0 Å². The fourth-order valence-corrected chi connectivity index (χ4v) is 8.51. The first kappa shape index (κ1) is 29.5. The molecule has 8 aromatic carbocycles. The Morgan fingerprint density at radius 1 is 0.353 bits per heavy atom. The third-order valence-electron chi connectivity index (χ3n) is 9.88. The van der Waals surface area contributed by atoms with Gasteiger partial charge in [-0.05, 0) is 76.3 Å². The number of benzene rings is 8. The number of hydrogen-bond donors (Lipinski definition) is 0. The summed E-state index contributed by atoms with van der Waals surface area (Å²) in [4.78, 5) is 2.35. The summed E-state index contributed by atoms with van der Waals surface area (Å²) in [6.45, 7) is 0. The molecule has 2 nitrogen and oxygen atoms in total. The standard InChI is InChI=1S/C48H31NOS/c1-3-12-32(13-4-1)35-16-9-17-36(30-35)33-24-26-37(27-25-33)49(38-28-29-46-43(31-38)40-18-7-8-23-45(40)51-46)44-22-11-21-42-41-20-10-19-39(47(41)50-48(42)44)34-14-5-2-6-15-34/h1-31H. The second-order valence-electron chi connectivity index (χ2n) is 12.9. The van der Waals surface area contributed by atoms with Crippen LogP contribution >= 0.6 is 11.3 Å². The third-order valence-corrected chi connectivity index (χ3v) is 11.0. The molecule has 0 atom stereocenters. The maximum absolute atomic E-state index is 6.94. The highest BCUT2D eigenvalue weighted by Crippen LogP contribution is 2.46. The number of fused-ring (bicyclic) bond motifs is 6. The van der Waals surface area contributed by atoms with E-state index in [9.17, 15) is 0 Å². The van der Waals surface area contributed by atoms with Gasteiger partial charge in [-0.25, -0.2) is 0 Å². The lowest BCUT2D eigenvalue weighted by atomic mass is 9.99. The number of thiophene rings is 1. The molecule has 0 radical (unpaired) electrons. The Morgan fingerprint density at radius 2 is 0.922 bits per heavy atom. The fraction of sp³-hybridized carbons (Fsp3) is 0. The lowest BCUT2D eigenvalue weighted by molar-refractivity contribution is 0.670. The monoisotopic (exact) mass is 669 g/mol. The predicted molar refractivity (Wildman–Crippen MR) is 218 cm³/mol. The van der Waals surface area contributed by atoms with Crippen LogP contribution in [-0.2, 0) is 0 Å². The zero-order valence-corrected chi connectivity index (χ0v) is 28.5. The molecule has 3 heteroatoms. The SMILES string of the molecule is c1ccc(-c2cccc(-c3ccc(N(c4ccc5sc6ccccc6c5c4)c4cccc5c4oc4c(-c6ccccc6)cccc45)cc3)c2)cc1. The Morgan fingerprint density at radius 3 is 1.71 bits per heavy atom. The van der Waals surface area contributed by atoms with Crippen molar-refractivity contribution < 1.29 is 4.42 Å². The molecule has 0 N–H and O–H groups in total. The van der Waals surface area contributed by atoms with E-state index in [1.165, 1.54) is 42.4 Å². The second kappa shape index (κ2) is 12.2. The minimum atomic E-state index is 0.866. The smallest absolute Gasteiger partial charge is 0.159 e. The van der Waals surface area contributed by atoms with Crippen molar-refractivity contribution in [3.63, 3.8) is 0 Å². The van der Waals surface area contributed by atoms with E-state index in [-0.39, 0.29) is 0 Å². The molecular weight excluding hydrogens is 639 g/mol. The molecule has 0 amide bonds. The molecule has 10 rings (SSSR count). The minimum absolute atomic E-state index is 0.866. The van der Waals surface area contributed by atoms with Gasteiger partial charge >= 0.3 is 0 Å². The molecular formula is C48H31NOS. The third kappa shape index (κ3) is 5.10. The number of hydrogen-bond acceptors (Lipinski definition) is 3. The molecule has 0 unspecified atom stereocenters. The van der Waals surface area contributed by atoms with Crippen LogP contribution in [0.25, 0.3) is 75.5 Å². The Kier molecular flexibility index (Phi) is 7.04. The summed E-state index contributed by atoms with van der Waals surface area (Å²) in [6.07, 6.45) is 0. The van der Waals surface area contributed by atoms with Crippen LogP contribution in [0.5, 0.6) is 0 Å². The van der Waals surface area contributed by atoms with Gasteiger partial charge in [0.2, 0.25) is 0 Å². The summed E-state index contributed by atoms with van der Waals surface area (Å²) >= 11 is 1.84. The van der Waals surface area contributed by atoms with E-state index < -0.39 is 0 Å². The van der Waals surface area contributed by atoms with Crippen molar-refractivity contribution >= 4 is 70.5 Å². The van der Waals surface area contributed by atoms with Gasteiger partial charge in [-0.2, -0.15) is 0 Å². The molecule has 0 aliphatic rings. The summed E-state index contributed by atoms with van der Waals surface area (Å²) in [5, 5.41) is 4.75. The highest BCUT2D eigenvalue weighted by Gasteiger charge is 2.21. The number of anilines is 3. The fourth-order valence-electron chi connectivity index (χ4n) is 7.42. The van der Waals surface area contributed by atoms with Crippen LogP contribution in [0.4, 0.5) is 17.1 Å². The Bertz CT molecular complexity index is 2850. The molecule has 0 spiro atoms. The van der Waals surface area contributed by atoms with Gasteiger partial charge in [0.1, 0.15) is 5.58 Å². The van der Waals surface area contributed by atoms with Gasteiger partial charge in [0.05, 0.1) is 5.69 Å². The molecule has 0 saturated heterocycles. The van der Waals surface area contributed by atoms with Crippen molar-refractivity contribution in [1.29, 1.82) is 0 Å². The molecule has 10 aromatic rings. The van der Waals surface area contributed by atoms with Gasteiger partial charge in [-0.15, -0.1) is 11.3 Å². The highest BCUT2D eigenvalue weighted by atomic mass is 32.1. The Balaban J connectivity index is 1.16. The Labute approximate surface area is 300 Å². The van der Waals surface area contributed by atoms with Gasteiger partial charge in [-0.1, -0.05) is 140 Å².